The number of rotatable bonds is 12. The molecule has 0 amide bonds. The highest BCUT2D eigenvalue weighted by atomic mass is 19.1. The van der Waals surface area contributed by atoms with E-state index in [9.17, 15) is 9.18 Å². The molecule has 63 heavy (non-hydrogen) atoms. The van der Waals surface area contributed by atoms with Crippen molar-refractivity contribution in [3.05, 3.63) is 260 Å². The normalized spacial score (nSPS) is 9.05. The Bertz CT molecular complexity index is 1930. The maximum absolute atomic E-state index is 11.9. The Morgan fingerprint density at radius 1 is 0.413 bits per heavy atom. The summed E-state index contributed by atoms with van der Waals surface area (Å²) in [5.41, 5.74) is 7.12. The lowest BCUT2D eigenvalue weighted by Gasteiger charge is -2.01. The van der Waals surface area contributed by atoms with Crippen molar-refractivity contribution in [2.75, 3.05) is 0 Å². The van der Waals surface area contributed by atoms with Gasteiger partial charge in [0.2, 0.25) is 0 Å². The van der Waals surface area contributed by atoms with Crippen LogP contribution in [0.3, 0.4) is 0 Å². The highest BCUT2D eigenvalue weighted by molar-refractivity contribution is 5.46. The van der Waals surface area contributed by atoms with Gasteiger partial charge in [0.25, 0.3) is 6.47 Å². The molecule has 7 rings (SSSR count). The van der Waals surface area contributed by atoms with Crippen molar-refractivity contribution in [2.24, 2.45) is 0 Å². The zero-order valence-electron chi connectivity index (χ0n) is 38.0. The third-order valence-electron chi connectivity index (χ3n) is 8.47. The predicted molar refractivity (Wildman–Crippen MR) is 265 cm³/mol. The van der Waals surface area contributed by atoms with Gasteiger partial charge in [0.1, 0.15) is 23.1 Å². The van der Waals surface area contributed by atoms with Crippen LogP contribution in [0.4, 0.5) is 4.39 Å². The van der Waals surface area contributed by atoms with Crippen LogP contribution in [0.25, 0.3) is 0 Å². The van der Waals surface area contributed by atoms with E-state index in [1.54, 1.807) is 42.5 Å². The van der Waals surface area contributed by atoms with Gasteiger partial charge in [0, 0.05) is 0 Å². The van der Waals surface area contributed by atoms with E-state index in [1.165, 1.54) is 78.2 Å². The maximum Gasteiger partial charge on any atom is 0.298 e. The van der Waals surface area contributed by atoms with Gasteiger partial charge in [-0.3, -0.25) is 4.79 Å². The van der Waals surface area contributed by atoms with Gasteiger partial charge in [0.05, 0.1) is 12.5 Å². The molecule has 0 bridgehead atoms. The Hall–Kier alpha value is -6.98. The number of para-hydroxylation sites is 1. The minimum absolute atomic E-state index is 0.178. The zero-order valence-corrected chi connectivity index (χ0v) is 38.0. The summed E-state index contributed by atoms with van der Waals surface area (Å²) in [6.07, 6.45) is 9.94. The van der Waals surface area contributed by atoms with Crippen molar-refractivity contribution < 1.29 is 23.4 Å². The smallest absolute Gasteiger partial charge is 0.298 e. The third-order valence-corrected chi connectivity index (χ3v) is 8.47. The Morgan fingerprint density at radius 2 is 0.714 bits per heavy atom. The van der Waals surface area contributed by atoms with E-state index in [1.807, 2.05) is 84.9 Å². The first-order valence-electron chi connectivity index (χ1n) is 21.5. The van der Waals surface area contributed by atoms with Crippen molar-refractivity contribution in [2.45, 2.75) is 73.1 Å². The average Bonchev–Trinajstić information content (AvgIpc) is 3.33. The fourth-order valence-electron chi connectivity index (χ4n) is 5.14. The van der Waals surface area contributed by atoms with E-state index in [4.69, 9.17) is 9.47 Å². The van der Waals surface area contributed by atoms with Crippen molar-refractivity contribution in [3.8, 4) is 17.2 Å². The van der Waals surface area contributed by atoms with Crippen LogP contribution in [0.15, 0.2) is 226 Å². The highest BCUT2D eigenvalue weighted by Crippen LogP contribution is 2.17. The maximum atomic E-state index is 11.9. The highest BCUT2D eigenvalue weighted by Gasteiger charge is 1.94. The molecule has 0 saturated heterocycles. The molecule has 330 valence electrons. The molecular weight excluding hydrogens is 780 g/mol. The summed E-state index contributed by atoms with van der Waals surface area (Å²) < 4.78 is 26.4. The van der Waals surface area contributed by atoms with E-state index in [2.05, 4.69) is 113 Å². The Kier molecular flexibility index (Phi) is 32.6. The van der Waals surface area contributed by atoms with Crippen molar-refractivity contribution >= 4 is 6.47 Å². The van der Waals surface area contributed by atoms with E-state index in [-0.39, 0.29) is 5.82 Å². The Balaban J connectivity index is 0.000000372. The molecule has 0 aliphatic heterocycles. The molecule has 0 fully saturated rings. The molecule has 4 nitrogen and oxygen atoms in total. The standard InChI is InChI=1S/C12H18.C10H14.C9H8O3.C8H8O.C7H8.C6H5F.C6H6/c1-3-5-11-7-9-12(6-4-2)10-8-11;1-3-9-5-7-10(4-2)8-6-9;1-2-11-8-3-5-9(6-4-8)12-7-10;1-2-9-8-6-4-3-5-7-8;1-7-5-3-2-4-6-7;7-6-4-2-1-3-5-6;1-2-4-6-5-3-1/h7-10H,3-6H2,1-2H3;5-8H,3-4H2,1-2H3;2-7H,1H2;2-7H,1H2;2-6H,1H3;1-5H;1-6H. The molecule has 0 unspecified atom stereocenters. The molecule has 7 aromatic rings. The van der Waals surface area contributed by atoms with Crippen molar-refractivity contribution in [1.29, 1.82) is 0 Å². The molecule has 5 heteroatoms. The van der Waals surface area contributed by atoms with Gasteiger partial charge in [-0.05, 0) is 103 Å². The van der Waals surface area contributed by atoms with E-state index < -0.39 is 0 Å². The summed E-state index contributed by atoms with van der Waals surface area (Å²) in [6.45, 7) is 18.1. The van der Waals surface area contributed by atoms with Gasteiger partial charge in [0.15, 0.2) is 0 Å². The van der Waals surface area contributed by atoms with Crippen LogP contribution < -0.4 is 14.2 Å². The molecule has 0 saturated carbocycles. The molecular formula is C58H67FO4. The SMILES string of the molecule is C=COc1ccc(OC=O)cc1.C=COc1ccccc1.CCCc1ccc(CCC)cc1.CCc1ccc(CC)cc1.Cc1ccccc1.Fc1ccccc1.c1ccccc1. The Morgan fingerprint density at radius 3 is 0.984 bits per heavy atom. The number of hydrogen-bond acceptors (Lipinski definition) is 4. The molecule has 0 spiro atoms. The molecule has 0 aliphatic carbocycles. The summed E-state index contributed by atoms with van der Waals surface area (Å²) >= 11 is 0. The third kappa shape index (κ3) is 29.8. The van der Waals surface area contributed by atoms with Crippen LogP contribution in [0.2, 0.25) is 0 Å². The lowest BCUT2D eigenvalue weighted by molar-refractivity contribution is -0.120. The van der Waals surface area contributed by atoms with Crippen LogP contribution in [0, 0.1) is 12.7 Å². The summed E-state index contributed by atoms with van der Waals surface area (Å²) in [7, 11) is 0. The first-order chi connectivity index (χ1) is 30.8. The monoisotopic (exact) mass is 847 g/mol. The first kappa shape index (κ1) is 54.0. The van der Waals surface area contributed by atoms with Crippen LogP contribution in [0.5, 0.6) is 17.2 Å². The van der Waals surface area contributed by atoms with E-state index in [0.29, 0.717) is 18.0 Å². The van der Waals surface area contributed by atoms with Crippen LogP contribution in [-0.2, 0) is 30.5 Å². The fourth-order valence-corrected chi connectivity index (χ4v) is 5.14. The summed E-state index contributed by atoms with van der Waals surface area (Å²) in [6, 6.07) is 64.2. The number of hydrogen-bond donors (Lipinski definition) is 0. The second-order valence-electron chi connectivity index (χ2n) is 13.5. The molecule has 0 radical (unpaired) electrons. The summed E-state index contributed by atoms with van der Waals surface area (Å²) in [5, 5.41) is 0. The summed E-state index contributed by atoms with van der Waals surface area (Å²) in [4.78, 5) is 9.92. The second kappa shape index (κ2) is 38.0. The number of aryl methyl sites for hydroxylation is 5. The van der Waals surface area contributed by atoms with E-state index >= 15 is 0 Å². The number of carbonyl (C=O) groups is 1. The Labute approximate surface area is 378 Å². The molecule has 0 heterocycles. The average molecular weight is 847 g/mol. The topological polar surface area (TPSA) is 44.8 Å². The molecule has 0 atom stereocenters. The fraction of sp³-hybridized carbons (Fsp3) is 0.190. The lowest BCUT2D eigenvalue weighted by Crippen LogP contribution is -1.87. The lowest BCUT2D eigenvalue weighted by atomic mass is 10.1. The van der Waals surface area contributed by atoms with Crippen molar-refractivity contribution in [1.82, 2.24) is 0 Å². The van der Waals surface area contributed by atoms with Gasteiger partial charge in [-0.25, -0.2) is 4.39 Å². The van der Waals surface area contributed by atoms with Gasteiger partial charge < -0.3 is 14.2 Å². The number of benzene rings is 7. The first-order valence-corrected chi connectivity index (χ1v) is 21.5. The second-order valence-corrected chi connectivity index (χ2v) is 13.5. The van der Waals surface area contributed by atoms with Crippen LogP contribution in [0.1, 0.15) is 68.4 Å². The minimum atomic E-state index is -0.178. The molecule has 0 aliphatic rings. The summed E-state index contributed by atoms with van der Waals surface area (Å²) in [5.74, 6) is 1.79. The van der Waals surface area contributed by atoms with Crippen LogP contribution >= 0.6 is 0 Å². The van der Waals surface area contributed by atoms with Gasteiger partial charge in [-0.1, -0.05) is 211 Å². The largest absolute Gasteiger partial charge is 0.466 e. The van der Waals surface area contributed by atoms with Crippen molar-refractivity contribution in [3.63, 3.8) is 0 Å². The number of ether oxygens (including phenoxy) is 3. The number of carbonyl (C=O) groups excluding carboxylic acids is 1. The minimum Gasteiger partial charge on any atom is -0.466 e. The molecule has 0 aromatic heterocycles. The van der Waals surface area contributed by atoms with E-state index in [0.717, 1.165) is 18.6 Å². The number of halogens is 1. The predicted octanol–water partition coefficient (Wildman–Crippen LogP) is 15.9. The zero-order chi connectivity index (χ0) is 46.0. The van der Waals surface area contributed by atoms with Crippen LogP contribution in [-0.4, -0.2) is 6.47 Å². The molecule has 7 aromatic carbocycles. The quantitative estimate of drug-likeness (QED) is 0.0908. The van der Waals surface area contributed by atoms with Gasteiger partial charge in [-0.15, -0.1) is 0 Å². The van der Waals surface area contributed by atoms with Gasteiger partial charge in [-0.2, -0.15) is 0 Å². The molecule has 0 N–H and O–H groups in total. The van der Waals surface area contributed by atoms with Gasteiger partial charge >= 0.3 is 0 Å².